The molecule has 0 unspecified atom stereocenters. The van der Waals surface area contributed by atoms with Gasteiger partial charge in [0.1, 0.15) is 0 Å². The molecular weight excluding hydrogens is 266 g/mol. The van der Waals surface area contributed by atoms with Gasteiger partial charge >= 0.3 is 0 Å². The minimum atomic E-state index is -3.28. The van der Waals surface area contributed by atoms with Crippen molar-refractivity contribution >= 4 is 28.3 Å². The first-order chi connectivity index (χ1) is 7.35. The molecule has 6 nitrogen and oxygen atoms in total. The third kappa shape index (κ3) is 6.82. The van der Waals surface area contributed by atoms with E-state index in [0.717, 1.165) is 4.31 Å². The van der Waals surface area contributed by atoms with Crippen molar-refractivity contribution in [1.29, 1.82) is 0 Å². The molecule has 0 aliphatic carbocycles. The molecule has 0 saturated heterocycles. The van der Waals surface area contributed by atoms with E-state index in [0.29, 0.717) is 13.1 Å². The number of likely N-dealkylation sites (N-methyl/N-ethyl adjacent to an activating group) is 3. The molecule has 0 spiro atoms. The van der Waals surface area contributed by atoms with Gasteiger partial charge in [-0.2, -0.15) is 4.31 Å². The summed E-state index contributed by atoms with van der Waals surface area (Å²) in [4.78, 5) is 13.1. The Kier molecular flexibility index (Phi) is 9.69. The summed E-state index contributed by atoms with van der Waals surface area (Å²) in [6.07, 6.45) is 0. The highest BCUT2D eigenvalue weighted by Gasteiger charge is 2.19. The van der Waals surface area contributed by atoms with Gasteiger partial charge in [0.05, 0.1) is 12.3 Å². The number of amides is 1. The molecule has 17 heavy (non-hydrogen) atoms. The summed E-state index contributed by atoms with van der Waals surface area (Å²) < 4.78 is 23.9. The highest BCUT2D eigenvalue weighted by Crippen LogP contribution is 1.98. The van der Waals surface area contributed by atoms with Gasteiger partial charge in [0.15, 0.2) is 0 Å². The topological polar surface area (TPSA) is 69.7 Å². The van der Waals surface area contributed by atoms with Crippen LogP contribution in [0.25, 0.3) is 0 Å². The third-order valence-electron chi connectivity index (χ3n) is 2.32. The van der Waals surface area contributed by atoms with Crippen molar-refractivity contribution < 1.29 is 13.2 Å². The van der Waals surface area contributed by atoms with Gasteiger partial charge < -0.3 is 10.2 Å². The molecule has 0 heterocycles. The van der Waals surface area contributed by atoms with Crippen LogP contribution in [-0.4, -0.2) is 70.1 Å². The van der Waals surface area contributed by atoms with E-state index in [2.05, 4.69) is 5.32 Å². The zero-order valence-corrected chi connectivity index (χ0v) is 12.4. The van der Waals surface area contributed by atoms with Crippen LogP contribution in [0.5, 0.6) is 0 Å². The molecule has 104 valence electrons. The number of halogens is 1. The van der Waals surface area contributed by atoms with E-state index in [4.69, 9.17) is 0 Å². The van der Waals surface area contributed by atoms with E-state index in [1.807, 2.05) is 0 Å². The van der Waals surface area contributed by atoms with Crippen LogP contribution in [0.4, 0.5) is 0 Å². The van der Waals surface area contributed by atoms with E-state index in [9.17, 15) is 13.2 Å². The molecule has 0 rings (SSSR count). The Morgan fingerprint density at radius 3 is 2.24 bits per heavy atom. The van der Waals surface area contributed by atoms with E-state index < -0.39 is 10.0 Å². The van der Waals surface area contributed by atoms with Crippen molar-refractivity contribution in [2.24, 2.45) is 0 Å². The van der Waals surface area contributed by atoms with Crippen LogP contribution in [0.3, 0.4) is 0 Å². The molecule has 1 N–H and O–H groups in total. The molecule has 0 aromatic carbocycles. The number of nitrogens with zero attached hydrogens (tertiary/aromatic N) is 2. The summed E-state index contributed by atoms with van der Waals surface area (Å²) in [5.41, 5.74) is 0. The lowest BCUT2D eigenvalue weighted by molar-refractivity contribution is -0.129. The number of sulfonamides is 1. The van der Waals surface area contributed by atoms with Crippen molar-refractivity contribution in [3.8, 4) is 0 Å². The van der Waals surface area contributed by atoms with Crippen LogP contribution in [0, 0.1) is 0 Å². The van der Waals surface area contributed by atoms with Gasteiger partial charge in [-0.25, -0.2) is 8.42 Å². The second-order valence-corrected chi connectivity index (χ2v) is 5.94. The van der Waals surface area contributed by atoms with Crippen molar-refractivity contribution in [2.45, 2.75) is 6.92 Å². The molecule has 0 bridgehead atoms. The lowest BCUT2D eigenvalue weighted by Gasteiger charge is -2.21. The van der Waals surface area contributed by atoms with Gasteiger partial charge in [-0.1, -0.05) is 0 Å². The maximum absolute atomic E-state index is 11.6. The van der Waals surface area contributed by atoms with Crippen LogP contribution < -0.4 is 5.32 Å². The number of nitrogens with one attached hydrogen (secondary N) is 1. The van der Waals surface area contributed by atoms with Crippen LogP contribution in [-0.2, 0) is 14.8 Å². The van der Waals surface area contributed by atoms with Crippen LogP contribution in [0.1, 0.15) is 6.92 Å². The molecule has 8 heteroatoms. The van der Waals surface area contributed by atoms with Crippen LogP contribution in [0.15, 0.2) is 0 Å². The zero-order chi connectivity index (χ0) is 12.8. The second kappa shape index (κ2) is 8.68. The van der Waals surface area contributed by atoms with Gasteiger partial charge in [-0.15, -0.1) is 12.4 Å². The molecule has 0 atom stereocenters. The predicted molar refractivity (Wildman–Crippen MR) is 70.9 cm³/mol. The Balaban J connectivity index is 0. The second-order valence-electron chi connectivity index (χ2n) is 3.58. The van der Waals surface area contributed by atoms with E-state index in [-0.39, 0.29) is 30.6 Å². The first-order valence-corrected chi connectivity index (χ1v) is 6.78. The predicted octanol–water partition coefficient (Wildman–Crippen LogP) is -0.632. The number of rotatable bonds is 7. The third-order valence-corrected chi connectivity index (χ3v) is 4.13. The Bertz CT molecular complexity index is 321. The molecule has 0 saturated carbocycles. The van der Waals surface area contributed by atoms with Gasteiger partial charge in [0, 0.05) is 27.2 Å². The fourth-order valence-electron chi connectivity index (χ4n) is 1.03. The highest BCUT2D eigenvalue weighted by molar-refractivity contribution is 7.89. The Morgan fingerprint density at radius 2 is 1.82 bits per heavy atom. The molecule has 0 aliphatic heterocycles. The number of carbonyl (C=O) groups excluding carboxylic acids is 1. The maximum atomic E-state index is 11.6. The molecule has 0 fully saturated rings. The minimum absolute atomic E-state index is 0. The van der Waals surface area contributed by atoms with Gasteiger partial charge in [0.2, 0.25) is 15.9 Å². The lowest BCUT2D eigenvalue weighted by atomic mass is 10.5. The number of hydrogen-bond acceptors (Lipinski definition) is 4. The van der Waals surface area contributed by atoms with Crippen LogP contribution >= 0.6 is 12.4 Å². The highest BCUT2D eigenvalue weighted by atomic mass is 35.5. The lowest BCUT2D eigenvalue weighted by Crippen LogP contribution is -2.41. The standard InChI is InChI=1S/C9H21N3O3S.ClH/c1-5-16(14,15)12(4)8-9(13)11(3)7-6-10-2;/h10H,5-8H2,1-4H3;1H. The minimum Gasteiger partial charge on any atom is -0.343 e. The molecule has 1 amide bonds. The van der Waals surface area contributed by atoms with E-state index >= 15 is 0 Å². The van der Waals surface area contributed by atoms with Crippen molar-refractivity contribution in [3.63, 3.8) is 0 Å². The summed E-state index contributed by atoms with van der Waals surface area (Å²) >= 11 is 0. The summed E-state index contributed by atoms with van der Waals surface area (Å²) in [6.45, 7) is 2.71. The molecule has 0 aliphatic rings. The van der Waals surface area contributed by atoms with Crippen molar-refractivity contribution in [1.82, 2.24) is 14.5 Å². The monoisotopic (exact) mass is 287 g/mol. The molecule has 0 aromatic heterocycles. The fourth-order valence-corrected chi connectivity index (χ4v) is 1.78. The maximum Gasteiger partial charge on any atom is 0.237 e. The zero-order valence-electron chi connectivity index (χ0n) is 10.8. The Labute approximate surface area is 110 Å². The van der Waals surface area contributed by atoms with Gasteiger partial charge in [-0.05, 0) is 14.0 Å². The summed E-state index contributed by atoms with van der Waals surface area (Å²) in [6, 6.07) is 0. The SMILES string of the molecule is CCS(=O)(=O)N(C)CC(=O)N(C)CCNC.Cl. The summed E-state index contributed by atoms with van der Waals surface area (Å²) in [7, 11) is 1.60. The summed E-state index contributed by atoms with van der Waals surface area (Å²) in [5, 5.41) is 2.92. The normalized spacial score (nSPS) is 11.1. The Hall–Kier alpha value is -0.370. The number of hydrogen-bond donors (Lipinski definition) is 1. The average molecular weight is 288 g/mol. The largest absolute Gasteiger partial charge is 0.343 e. The first kappa shape index (κ1) is 19.0. The molecule has 0 radical (unpaired) electrons. The van der Waals surface area contributed by atoms with Gasteiger partial charge in [-0.3, -0.25) is 4.79 Å². The average Bonchev–Trinajstić information content (AvgIpc) is 2.25. The first-order valence-electron chi connectivity index (χ1n) is 5.17. The van der Waals surface area contributed by atoms with Gasteiger partial charge in [0.25, 0.3) is 0 Å². The van der Waals surface area contributed by atoms with Crippen LogP contribution in [0.2, 0.25) is 0 Å². The van der Waals surface area contributed by atoms with Crippen molar-refractivity contribution in [3.05, 3.63) is 0 Å². The smallest absolute Gasteiger partial charge is 0.237 e. The molecule has 0 aromatic rings. The fraction of sp³-hybridized carbons (Fsp3) is 0.889. The number of carbonyl (C=O) groups is 1. The summed E-state index contributed by atoms with van der Waals surface area (Å²) in [5.74, 6) is -0.188. The Morgan fingerprint density at radius 1 is 1.29 bits per heavy atom. The van der Waals surface area contributed by atoms with E-state index in [1.165, 1.54) is 11.9 Å². The molecular formula is C9H22ClN3O3S. The quantitative estimate of drug-likeness (QED) is 0.677. The van der Waals surface area contributed by atoms with E-state index in [1.54, 1.807) is 21.0 Å². The van der Waals surface area contributed by atoms with Crippen molar-refractivity contribution in [2.75, 3.05) is 46.5 Å².